The number of fused-ring (bicyclic) bond motifs is 1. The number of halogens is 2. The van der Waals surface area contributed by atoms with Gasteiger partial charge in [-0.2, -0.15) is 10.5 Å². The fraction of sp³-hybridized carbons (Fsp3) is 0.250. The third-order valence-corrected chi connectivity index (χ3v) is 7.46. The first kappa shape index (κ1) is 25.7. The van der Waals surface area contributed by atoms with Crippen LogP contribution in [0.3, 0.4) is 0 Å². The standard InChI is InChI=1S/C28H23Cl2N7O/c1-17-16-36(27-22(14-32)28(38)35(2)24-10-8-21(13-31)34-25(24)27)11-12-37(17)26(18-3-5-19(29)6-4-18)23-9-7-20(30)15-33-23/h3-10,15,17,26H,11-12,16H2,1-2H3/t17-,26?/m1/s1. The van der Waals surface area contributed by atoms with E-state index in [9.17, 15) is 15.3 Å². The summed E-state index contributed by atoms with van der Waals surface area (Å²) in [4.78, 5) is 26.6. The van der Waals surface area contributed by atoms with Crippen LogP contribution in [0.25, 0.3) is 11.0 Å². The number of nitriles is 2. The van der Waals surface area contributed by atoms with Crippen LogP contribution in [0, 0.1) is 22.7 Å². The van der Waals surface area contributed by atoms with Gasteiger partial charge in [0.05, 0.1) is 28.0 Å². The summed E-state index contributed by atoms with van der Waals surface area (Å²) >= 11 is 12.3. The van der Waals surface area contributed by atoms with Crippen molar-refractivity contribution >= 4 is 39.9 Å². The smallest absolute Gasteiger partial charge is 0.270 e. The van der Waals surface area contributed by atoms with Crippen molar-refractivity contribution in [1.29, 1.82) is 10.5 Å². The molecule has 1 fully saturated rings. The Hall–Kier alpha value is -3.95. The highest BCUT2D eigenvalue weighted by atomic mass is 35.5. The average molecular weight is 544 g/mol. The van der Waals surface area contributed by atoms with Crippen LogP contribution in [0.5, 0.6) is 0 Å². The molecule has 0 aliphatic carbocycles. The molecule has 8 nitrogen and oxygen atoms in total. The highest BCUT2D eigenvalue weighted by Crippen LogP contribution is 2.35. The predicted octanol–water partition coefficient (Wildman–Crippen LogP) is 4.68. The number of aryl methyl sites for hydroxylation is 1. The molecule has 0 radical (unpaired) electrons. The van der Waals surface area contributed by atoms with Gasteiger partial charge in [0.2, 0.25) is 0 Å². The molecule has 1 aromatic carbocycles. The lowest BCUT2D eigenvalue weighted by molar-refractivity contribution is 0.148. The molecule has 4 heterocycles. The second kappa shape index (κ2) is 10.4. The topological polar surface area (TPSA) is 102 Å². The zero-order chi connectivity index (χ0) is 27.0. The number of aromatic nitrogens is 3. The number of anilines is 1. The minimum atomic E-state index is -0.388. The summed E-state index contributed by atoms with van der Waals surface area (Å²) in [5.74, 6) is 0. The molecule has 10 heteroatoms. The Bertz CT molecular complexity index is 1610. The summed E-state index contributed by atoms with van der Waals surface area (Å²) in [7, 11) is 1.61. The Morgan fingerprint density at radius 1 is 1.00 bits per heavy atom. The molecular weight excluding hydrogens is 521 g/mol. The van der Waals surface area contributed by atoms with Crippen molar-refractivity contribution in [2.45, 2.75) is 19.0 Å². The largest absolute Gasteiger partial charge is 0.366 e. The molecule has 4 aromatic rings. The number of hydrogen-bond acceptors (Lipinski definition) is 7. The molecule has 0 N–H and O–H groups in total. The van der Waals surface area contributed by atoms with Crippen molar-refractivity contribution < 1.29 is 0 Å². The van der Waals surface area contributed by atoms with Gasteiger partial charge in [0, 0.05) is 43.9 Å². The van der Waals surface area contributed by atoms with Crippen molar-refractivity contribution in [2.24, 2.45) is 7.05 Å². The molecule has 1 unspecified atom stereocenters. The van der Waals surface area contributed by atoms with Crippen LogP contribution in [0.1, 0.15) is 35.5 Å². The first-order valence-corrected chi connectivity index (χ1v) is 12.8. The molecule has 1 aliphatic rings. The predicted molar refractivity (Wildman–Crippen MR) is 147 cm³/mol. The summed E-state index contributed by atoms with van der Waals surface area (Å²) in [6.45, 7) is 3.80. The molecular formula is C28H23Cl2N7O. The third-order valence-electron chi connectivity index (χ3n) is 6.98. The SMILES string of the molecule is C[C@@H]1CN(c2c(C#N)c(=O)n(C)c3ccc(C#N)nc23)CCN1C(c1ccc(Cl)cc1)c1ccc(Cl)cn1. The summed E-state index contributed by atoms with van der Waals surface area (Å²) in [5, 5.41) is 20.6. The molecule has 0 amide bonds. The van der Waals surface area contributed by atoms with Gasteiger partial charge in [-0.05, 0) is 48.9 Å². The Balaban J connectivity index is 1.56. The molecule has 1 saturated heterocycles. The lowest BCUT2D eigenvalue weighted by Crippen LogP contribution is -2.53. The number of benzene rings is 1. The Kier molecular flexibility index (Phi) is 7.05. The van der Waals surface area contributed by atoms with E-state index in [-0.39, 0.29) is 28.9 Å². The lowest BCUT2D eigenvalue weighted by Gasteiger charge is -2.45. The van der Waals surface area contributed by atoms with Gasteiger partial charge in [0.25, 0.3) is 5.56 Å². The molecule has 5 rings (SSSR count). The van der Waals surface area contributed by atoms with Gasteiger partial charge in [-0.15, -0.1) is 0 Å². The van der Waals surface area contributed by atoms with E-state index < -0.39 is 0 Å². The van der Waals surface area contributed by atoms with Gasteiger partial charge in [0.1, 0.15) is 28.9 Å². The third kappa shape index (κ3) is 4.59. The maximum absolute atomic E-state index is 13.1. The van der Waals surface area contributed by atoms with Crippen LogP contribution in [0.2, 0.25) is 10.0 Å². The molecule has 3 aromatic heterocycles. The van der Waals surface area contributed by atoms with Gasteiger partial charge >= 0.3 is 0 Å². The van der Waals surface area contributed by atoms with Crippen molar-refractivity contribution in [3.05, 3.63) is 97.6 Å². The Labute approximate surface area is 229 Å². The fourth-order valence-electron chi connectivity index (χ4n) is 5.15. The van der Waals surface area contributed by atoms with Crippen LogP contribution in [0.15, 0.2) is 59.5 Å². The number of piperazine rings is 1. The second-order valence-corrected chi connectivity index (χ2v) is 10.1. The Morgan fingerprint density at radius 2 is 1.74 bits per heavy atom. The van der Waals surface area contributed by atoms with Crippen molar-refractivity contribution in [3.8, 4) is 12.1 Å². The van der Waals surface area contributed by atoms with E-state index in [0.29, 0.717) is 46.4 Å². The first-order chi connectivity index (χ1) is 18.3. The van der Waals surface area contributed by atoms with E-state index in [0.717, 1.165) is 11.3 Å². The minimum absolute atomic E-state index is 0.00621. The van der Waals surface area contributed by atoms with Crippen LogP contribution >= 0.6 is 23.2 Å². The zero-order valence-electron chi connectivity index (χ0n) is 20.8. The molecule has 0 saturated carbocycles. The van der Waals surface area contributed by atoms with Gasteiger partial charge in [-0.3, -0.25) is 14.7 Å². The van der Waals surface area contributed by atoms with E-state index in [1.807, 2.05) is 41.3 Å². The van der Waals surface area contributed by atoms with Gasteiger partial charge in [0.15, 0.2) is 0 Å². The van der Waals surface area contributed by atoms with Gasteiger partial charge in [-0.1, -0.05) is 35.3 Å². The van der Waals surface area contributed by atoms with Crippen LogP contribution in [-0.2, 0) is 7.05 Å². The van der Waals surface area contributed by atoms with E-state index in [1.165, 1.54) is 4.57 Å². The van der Waals surface area contributed by atoms with Crippen molar-refractivity contribution in [1.82, 2.24) is 19.4 Å². The Morgan fingerprint density at radius 3 is 2.37 bits per heavy atom. The van der Waals surface area contributed by atoms with E-state index >= 15 is 0 Å². The molecule has 0 spiro atoms. The summed E-state index contributed by atoms with van der Waals surface area (Å²) in [5.41, 5.74) is 3.28. The molecule has 2 atom stereocenters. The highest BCUT2D eigenvalue weighted by Gasteiger charge is 2.34. The van der Waals surface area contributed by atoms with Crippen LogP contribution in [-0.4, -0.2) is 45.1 Å². The minimum Gasteiger partial charge on any atom is -0.366 e. The summed E-state index contributed by atoms with van der Waals surface area (Å²) in [6, 6.07) is 18.8. The zero-order valence-corrected chi connectivity index (χ0v) is 22.3. The average Bonchev–Trinajstić information content (AvgIpc) is 2.93. The first-order valence-electron chi connectivity index (χ1n) is 12.0. The second-order valence-electron chi connectivity index (χ2n) is 9.26. The quantitative estimate of drug-likeness (QED) is 0.368. The van der Waals surface area contributed by atoms with Crippen LogP contribution in [0.4, 0.5) is 5.69 Å². The van der Waals surface area contributed by atoms with Gasteiger partial charge in [-0.25, -0.2) is 4.98 Å². The molecule has 0 bridgehead atoms. The van der Waals surface area contributed by atoms with Gasteiger partial charge < -0.3 is 9.47 Å². The lowest BCUT2D eigenvalue weighted by atomic mass is 9.97. The number of pyridine rings is 3. The van der Waals surface area contributed by atoms with Crippen LogP contribution < -0.4 is 10.5 Å². The van der Waals surface area contributed by atoms with E-state index in [4.69, 9.17) is 23.2 Å². The maximum Gasteiger partial charge on any atom is 0.270 e. The van der Waals surface area contributed by atoms with Crippen molar-refractivity contribution in [3.63, 3.8) is 0 Å². The van der Waals surface area contributed by atoms with E-state index in [2.05, 4.69) is 33.9 Å². The maximum atomic E-state index is 13.1. The number of rotatable bonds is 4. The monoisotopic (exact) mass is 543 g/mol. The normalized spacial score (nSPS) is 16.7. The van der Waals surface area contributed by atoms with Crippen molar-refractivity contribution in [2.75, 3.05) is 24.5 Å². The number of hydrogen-bond donors (Lipinski definition) is 0. The highest BCUT2D eigenvalue weighted by molar-refractivity contribution is 6.30. The molecule has 190 valence electrons. The fourth-order valence-corrected chi connectivity index (χ4v) is 5.39. The summed E-state index contributed by atoms with van der Waals surface area (Å²) in [6.07, 6.45) is 1.64. The summed E-state index contributed by atoms with van der Waals surface area (Å²) < 4.78 is 1.41. The molecule has 38 heavy (non-hydrogen) atoms. The van der Waals surface area contributed by atoms with E-state index in [1.54, 1.807) is 25.4 Å². The molecule has 1 aliphatic heterocycles. The number of nitrogens with zero attached hydrogens (tertiary/aromatic N) is 7.